The van der Waals surface area contributed by atoms with Gasteiger partial charge in [0.25, 0.3) is 5.91 Å². The van der Waals surface area contributed by atoms with Gasteiger partial charge < -0.3 is 15.0 Å². The topological polar surface area (TPSA) is 41.6 Å². The molecule has 2 fully saturated rings. The highest BCUT2D eigenvalue weighted by Crippen LogP contribution is 2.33. The van der Waals surface area contributed by atoms with Gasteiger partial charge in [-0.3, -0.25) is 4.79 Å². The van der Waals surface area contributed by atoms with Crippen LogP contribution in [0.15, 0.2) is 18.2 Å². The zero-order chi connectivity index (χ0) is 14.9. The molecule has 4 rings (SSSR count). The number of rotatable bonds is 4. The molecule has 1 unspecified atom stereocenters. The lowest BCUT2D eigenvalue weighted by atomic mass is 9.96. The maximum atomic E-state index is 13.1. The minimum atomic E-state index is 0.231. The van der Waals surface area contributed by atoms with Gasteiger partial charge in [-0.25, -0.2) is 0 Å². The van der Waals surface area contributed by atoms with E-state index in [1.807, 2.05) is 12.1 Å². The molecule has 1 aliphatic carbocycles. The third kappa shape index (κ3) is 2.72. The molecule has 1 saturated heterocycles. The van der Waals surface area contributed by atoms with Crippen molar-refractivity contribution < 1.29 is 9.53 Å². The fourth-order valence-electron chi connectivity index (χ4n) is 3.65. The van der Waals surface area contributed by atoms with Crippen LogP contribution in [0.1, 0.15) is 41.6 Å². The Hall–Kier alpha value is -1.55. The first-order valence-corrected chi connectivity index (χ1v) is 8.57. The molecule has 1 aromatic carbocycles. The molecule has 0 bridgehead atoms. The van der Waals surface area contributed by atoms with Crippen molar-refractivity contribution in [2.45, 2.75) is 38.1 Å². The molecular weight excluding hydrogens is 276 g/mol. The van der Waals surface area contributed by atoms with Crippen molar-refractivity contribution in [1.29, 1.82) is 0 Å². The number of anilines is 1. The third-order valence-electron chi connectivity index (χ3n) is 5.05. The molecule has 1 N–H and O–H groups in total. The van der Waals surface area contributed by atoms with E-state index >= 15 is 0 Å². The van der Waals surface area contributed by atoms with Crippen LogP contribution in [-0.2, 0) is 11.2 Å². The van der Waals surface area contributed by atoms with Crippen molar-refractivity contribution in [3.63, 3.8) is 0 Å². The van der Waals surface area contributed by atoms with E-state index in [-0.39, 0.29) is 5.91 Å². The van der Waals surface area contributed by atoms with Gasteiger partial charge in [0.05, 0.1) is 6.61 Å². The van der Waals surface area contributed by atoms with Gasteiger partial charge in [0.15, 0.2) is 0 Å². The summed E-state index contributed by atoms with van der Waals surface area (Å²) in [5, 5.41) is 3.42. The average molecular weight is 300 g/mol. The summed E-state index contributed by atoms with van der Waals surface area (Å²) in [5.74, 6) is 0.747. The number of nitrogens with one attached hydrogen (secondary N) is 1. The van der Waals surface area contributed by atoms with Crippen LogP contribution >= 0.6 is 0 Å². The molecule has 2 heterocycles. The van der Waals surface area contributed by atoms with E-state index in [4.69, 9.17) is 4.74 Å². The predicted octanol–water partition coefficient (Wildman–Crippen LogP) is 2.69. The summed E-state index contributed by atoms with van der Waals surface area (Å²) < 4.78 is 5.49. The molecule has 0 spiro atoms. The second kappa shape index (κ2) is 5.92. The summed E-state index contributed by atoms with van der Waals surface area (Å²) in [7, 11) is 0. The van der Waals surface area contributed by atoms with Gasteiger partial charge in [-0.1, -0.05) is 6.07 Å². The van der Waals surface area contributed by atoms with Crippen molar-refractivity contribution in [3.8, 4) is 0 Å². The molecular formula is C18H24N2O2. The molecule has 3 aliphatic rings. The molecule has 1 atom stereocenters. The second-order valence-electron chi connectivity index (χ2n) is 6.78. The van der Waals surface area contributed by atoms with Crippen molar-refractivity contribution >= 4 is 11.6 Å². The van der Waals surface area contributed by atoms with Gasteiger partial charge in [-0.2, -0.15) is 0 Å². The zero-order valence-electron chi connectivity index (χ0n) is 13.0. The number of nitrogens with zero attached hydrogens (tertiary/aromatic N) is 1. The Morgan fingerprint density at radius 2 is 2.23 bits per heavy atom. The Kier molecular flexibility index (Phi) is 3.78. The van der Waals surface area contributed by atoms with Gasteiger partial charge >= 0.3 is 0 Å². The van der Waals surface area contributed by atoms with E-state index < -0.39 is 0 Å². The number of ether oxygens (including phenoxy) is 1. The maximum Gasteiger partial charge on any atom is 0.254 e. The predicted molar refractivity (Wildman–Crippen MR) is 86.2 cm³/mol. The molecule has 1 amide bonds. The minimum Gasteiger partial charge on any atom is -0.385 e. The van der Waals surface area contributed by atoms with Gasteiger partial charge in [0, 0.05) is 42.9 Å². The normalized spacial score (nSPS) is 23.7. The van der Waals surface area contributed by atoms with E-state index in [9.17, 15) is 4.79 Å². The molecule has 1 saturated carbocycles. The standard InChI is InChI=1S/C18H24N2O2/c21-18(16-3-1-5-17-15(16)4-2-9-19-17)20(14-6-7-14)11-13-8-10-22-12-13/h1,3,5,13-14,19H,2,4,6-12H2. The van der Waals surface area contributed by atoms with Crippen LogP contribution in [-0.4, -0.2) is 43.2 Å². The van der Waals surface area contributed by atoms with Crippen molar-refractivity contribution in [2.75, 3.05) is 31.6 Å². The quantitative estimate of drug-likeness (QED) is 0.929. The fourth-order valence-corrected chi connectivity index (χ4v) is 3.65. The number of hydrogen-bond donors (Lipinski definition) is 1. The molecule has 4 heteroatoms. The summed E-state index contributed by atoms with van der Waals surface area (Å²) in [4.78, 5) is 15.3. The zero-order valence-corrected chi connectivity index (χ0v) is 13.0. The molecule has 0 aromatic heterocycles. The molecule has 4 nitrogen and oxygen atoms in total. The number of fused-ring (bicyclic) bond motifs is 1. The van der Waals surface area contributed by atoms with Crippen molar-refractivity contribution in [3.05, 3.63) is 29.3 Å². The lowest BCUT2D eigenvalue weighted by molar-refractivity contribution is 0.0705. The highest BCUT2D eigenvalue weighted by molar-refractivity contribution is 5.97. The van der Waals surface area contributed by atoms with Gasteiger partial charge in [0.1, 0.15) is 0 Å². The van der Waals surface area contributed by atoms with Crippen LogP contribution in [0.25, 0.3) is 0 Å². The Labute approximate surface area is 131 Å². The van der Waals surface area contributed by atoms with Crippen LogP contribution < -0.4 is 5.32 Å². The highest BCUT2D eigenvalue weighted by atomic mass is 16.5. The number of carbonyl (C=O) groups excluding carboxylic acids is 1. The molecule has 118 valence electrons. The Bertz CT molecular complexity index is 562. The summed E-state index contributed by atoms with van der Waals surface area (Å²) >= 11 is 0. The van der Waals surface area contributed by atoms with Crippen LogP contribution in [0, 0.1) is 5.92 Å². The van der Waals surface area contributed by atoms with Crippen molar-refractivity contribution in [1.82, 2.24) is 4.90 Å². The minimum absolute atomic E-state index is 0.231. The Morgan fingerprint density at radius 1 is 1.32 bits per heavy atom. The van der Waals surface area contributed by atoms with E-state index in [2.05, 4.69) is 16.3 Å². The first-order chi connectivity index (χ1) is 10.8. The smallest absolute Gasteiger partial charge is 0.254 e. The largest absolute Gasteiger partial charge is 0.385 e. The maximum absolute atomic E-state index is 13.1. The molecule has 2 aliphatic heterocycles. The van der Waals surface area contributed by atoms with Gasteiger partial charge in [-0.05, 0) is 49.8 Å². The lowest BCUT2D eigenvalue weighted by Crippen LogP contribution is -2.38. The van der Waals surface area contributed by atoms with Crippen LogP contribution in [0.2, 0.25) is 0 Å². The van der Waals surface area contributed by atoms with E-state index in [1.165, 1.54) is 5.56 Å². The van der Waals surface area contributed by atoms with Crippen molar-refractivity contribution in [2.24, 2.45) is 5.92 Å². The number of hydrogen-bond acceptors (Lipinski definition) is 3. The SMILES string of the molecule is O=C(c1cccc2c1CCCN2)N(CC1CCOC1)C1CC1. The number of amides is 1. The van der Waals surface area contributed by atoms with E-state index in [0.717, 1.165) is 69.7 Å². The molecule has 22 heavy (non-hydrogen) atoms. The fraction of sp³-hybridized carbons (Fsp3) is 0.611. The number of benzene rings is 1. The third-order valence-corrected chi connectivity index (χ3v) is 5.05. The Balaban J connectivity index is 1.58. The van der Waals surface area contributed by atoms with Gasteiger partial charge in [0.2, 0.25) is 0 Å². The number of carbonyl (C=O) groups is 1. The molecule has 1 aromatic rings. The summed E-state index contributed by atoms with van der Waals surface area (Å²) in [6.07, 6.45) is 5.52. The average Bonchev–Trinajstić information content (AvgIpc) is 3.27. The first-order valence-electron chi connectivity index (χ1n) is 8.57. The lowest BCUT2D eigenvalue weighted by Gasteiger charge is -2.28. The molecule has 0 radical (unpaired) electrons. The van der Waals surface area contributed by atoms with Crippen LogP contribution in [0.5, 0.6) is 0 Å². The summed E-state index contributed by atoms with van der Waals surface area (Å²) in [5.41, 5.74) is 3.28. The highest BCUT2D eigenvalue weighted by Gasteiger charge is 2.36. The summed E-state index contributed by atoms with van der Waals surface area (Å²) in [6, 6.07) is 6.57. The Morgan fingerprint density at radius 3 is 3.00 bits per heavy atom. The monoisotopic (exact) mass is 300 g/mol. The second-order valence-corrected chi connectivity index (χ2v) is 6.78. The first kappa shape index (κ1) is 14.1. The van der Waals surface area contributed by atoms with Gasteiger partial charge in [-0.15, -0.1) is 0 Å². The van der Waals surface area contributed by atoms with E-state index in [1.54, 1.807) is 0 Å². The summed E-state index contributed by atoms with van der Waals surface area (Å²) in [6.45, 7) is 3.53. The van der Waals surface area contributed by atoms with Crippen LogP contribution in [0.3, 0.4) is 0 Å². The van der Waals surface area contributed by atoms with E-state index in [0.29, 0.717) is 12.0 Å². The van der Waals surface area contributed by atoms with Crippen LogP contribution in [0.4, 0.5) is 5.69 Å².